The van der Waals surface area contributed by atoms with Gasteiger partial charge in [0, 0.05) is 36.2 Å². The van der Waals surface area contributed by atoms with Crippen molar-refractivity contribution in [3.63, 3.8) is 0 Å². The van der Waals surface area contributed by atoms with Gasteiger partial charge >= 0.3 is 0 Å². The van der Waals surface area contributed by atoms with E-state index in [1.54, 1.807) is 0 Å². The highest BCUT2D eigenvalue weighted by Gasteiger charge is 2.17. The molecule has 0 aliphatic carbocycles. The monoisotopic (exact) mass is 401 g/mol. The predicted molar refractivity (Wildman–Crippen MR) is 119 cm³/mol. The molecule has 30 heavy (non-hydrogen) atoms. The van der Waals surface area contributed by atoms with E-state index in [1.165, 1.54) is 11.9 Å². The Labute approximate surface area is 177 Å². The number of nitrogens with one attached hydrogen (secondary N) is 2. The van der Waals surface area contributed by atoms with Crippen LogP contribution in [0.4, 0.5) is 5.69 Å². The summed E-state index contributed by atoms with van der Waals surface area (Å²) in [7, 11) is 0. The lowest BCUT2D eigenvalue weighted by atomic mass is 9.94. The van der Waals surface area contributed by atoms with Crippen LogP contribution in [0, 0.1) is 11.3 Å². The highest BCUT2D eigenvalue weighted by atomic mass is 16.3. The molecule has 3 aromatic rings. The molecule has 4 rings (SSSR count). The molecule has 1 atom stereocenters. The fourth-order valence-electron chi connectivity index (χ4n) is 3.34. The minimum atomic E-state index is 0.162. The number of aliphatic hydroxyl groups excluding tert-OH is 1. The summed E-state index contributed by atoms with van der Waals surface area (Å²) in [5, 5.41) is 24.7. The third kappa shape index (κ3) is 5.86. The van der Waals surface area contributed by atoms with E-state index in [2.05, 4.69) is 51.8 Å². The van der Waals surface area contributed by atoms with E-state index in [1.807, 2.05) is 36.7 Å². The molecule has 1 aromatic heterocycles. The normalized spacial score (nSPS) is 14.5. The van der Waals surface area contributed by atoms with Gasteiger partial charge in [-0.25, -0.2) is 9.97 Å². The standard InChI is InChI=1S/C17H16N2O.C7H11N3/c18-10-12-2-1-3-13(8-12)14-5-7-17-15(9-14)4-6-16(11-20)19-17;1-2-8-3-7-4-9-6-10-5-7/h1-3,5,7-9,16,19-20H,4,6,11H2;4-6,8H,2-3H2,1H3. The number of hydrogen-bond acceptors (Lipinski definition) is 6. The van der Waals surface area contributed by atoms with Gasteiger partial charge in [-0.15, -0.1) is 0 Å². The van der Waals surface area contributed by atoms with Crippen molar-refractivity contribution in [2.45, 2.75) is 32.4 Å². The summed E-state index contributed by atoms with van der Waals surface area (Å²) in [5.41, 5.74) is 6.38. The van der Waals surface area contributed by atoms with Gasteiger partial charge in [-0.1, -0.05) is 25.1 Å². The molecule has 2 aromatic carbocycles. The third-order valence-electron chi connectivity index (χ3n) is 4.97. The van der Waals surface area contributed by atoms with Gasteiger partial charge in [0.2, 0.25) is 0 Å². The van der Waals surface area contributed by atoms with Gasteiger partial charge in [0.1, 0.15) is 6.33 Å². The first-order chi connectivity index (χ1) is 14.7. The number of fused-ring (bicyclic) bond motifs is 1. The first kappa shape index (κ1) is 21.4. The van der Waals surface area contributed by atoms with Crippen molar-refractivity contribution in [3.05, 3.63) is 77.9 Å². The van der Waals surface area contributed by atoms with E-state index < -0.39 is 0 Å². The molecule has 154 valence electrons. The van der Waals surface area contributed by atoms with Crippen LogP contribution in [-0.2, 0) is 13.0 Å². The van der Waals surface area contributed by atoms with Gasteiger partial charge in [-0.05, 0) is 60.3 Å². The van der Waals surface area contributed by atoms with E-state index in [-0.39, 0.29) is 12.6 Å². The molecule has 1 aliphatic heterocycles. The molecule has 2 heterocycles. The highest BCUT2D eigenvalue weighted by molar-refractivity contribution is 5.70. The van der Waals surface area contributed by atoms with E-state index >= 15 is 0 Å². The molecule has 0 saturated carbocycles. The fourth-order valence-corrected chi connectivity index (χ4v) is 3.34. The van der Waals surface area contributed by atoms with Crippen LogP contribution < -0.4 is 10.6 Å². The number of nitrogens with zero attached hydrogens (tertiary/aromatic N) is 3. The topological polar surface area (TPSA) is 93.9 Å². The van der Waals surface area contributed by atoms with Crippen LogP contribution in [0.2, 0.25) is 0 Å². The average molecular weight is 402 g/mol. The van der Waals surface area contributed by atoms with Crippen molar-refractivity contribution < 1.29 is 5.11 Å². The lowest BCUT2D eigenvalue weighted by molar-refractivity contribution is 0.267. The zero-order valence-electron chi connectivity index (χ0n) is 17.2. The Kier molecular flexibility index (Phi) is 7.90. The Hall–Kier alpha value is -3.27. The smallest absolute Gasteiger partial charge is 0.115 e. The third-order valence-corrected chi connectivity index (χ3v) is 4.97. The van der Waals surface area contributed by atoms with Gasteiger partial charge in [-0.2, -0.15) is 5.26 Å². The minimum Gasteiger partial charge on any atom is -0.394 e. The van der Waals surface area contributed by atoms with Crippen molar-refractivity contribution in [1.82, 2.24) is 15.3 Å². The van der Waals surface area contributed by atoms with E-state index in [4.69, 9.17) is 5.26 Å². The number of aromatic nitrogens is 2. The Morgan fingerprint density at radius 3 is 2.70 bits per heavy atom. The number of aryl methyl sites for hydroxylation is 1. The van der Waals surface area contributed by atoms with E-state index in [0.717, 1.165) is 48.3 Å². The van der Waals surface area contributed by atoms with Gasteiger partial charge in [0.05, 0.1) is 18.2 Å². The van der Waals surface area contributed by atoms with Gasteiger partial charge in [-0.3, -0.25) is 0 Å². The molecule has 0 bridgehead atoms. The summed E-state index contributed by atoms with van der Waals surface area (Å²) in [5.74, 6) is 0. The molecular weight excluding hydrogens is 374 g/mol. The Balaban J connectivity index is 0.000000216. The molecule has 6 nitrogen and oxygen atoms in total. The molecule has 3 N–H and O–H groups in total. The van der Waals surface area contributed by atoms with Crippen LogP contribution in [0.3, 0.4) is 0 Å². The lowest BCUT2D eigenvalue weighted by Gasteiger charge is -2.26. The van der Waals surface area contributed by atoms with Crippen molar-refractivity contribution in [3.8, 4) is 17.2 Å². The first-order valence-electron chi connectivity index (χ1n) is 10.2. The maximum atomic E-state index is 9.21. The summed E-state index contributed by atoms with van der Waals surface area (Å²) in [6.45, 7) is 4.08. The number of aliphatic hydroxyl groups is 1. The maximum Gasteiger partial charge on any atom is 0.115 e. The van der Waals surface area contributed by atoms with Crippen molar-refractivity contribution in [2.24, 2.45) is 0 Å². The highest BCUT2D eigenvalue weighted by Crippen LogP contribution is 2.30. The molecule has 1 aliphatic rings. The minimum absolute atomic E-state index is 0.162. The summed E-state index contributed by atoms with van der Waals surface area (Å²) >= 11 is 0. The van der Waals surface area contributed by atoms with Gasteiger partial charge < -0.3 is 15.7 Å². The van der Waals surface area contributed by atoms with Crippen LogP contribution in [0.5, 0.6) is 0 Å². The second kappa shape index (κ2) is 11.1. The molecule has 6 heteroatoms. The Morgan fingerprint density at radius 1 is 1.17 bits per heavy atom. The molecule has 0 saturated heterocycles. The van der Waals surface area contributed by atoms with Crippen LogP contribution in [-0.4, -0.2) is 34.3 Å². The SMILES string of the molecule is CCNCc1cncnc1.N#Cc1cccc(-c2ccc3c(c2)CCC(CO)N3)c1. The van der Waals surface area contributed by atoms with Crippen LogP contribution in [0.1, 0.15) is 30.0 Å². The number of nitriles is 1. The Morgan fingerprint density at radius 2 is 1.97 bits per heavy atom. The van der Waals surface area contributed by atoms with Crippen LogP contribution >= 0.6 is 0 Å². The largest absolute Gasteiger partial charge is 0.394 e. The second-order valence-electron chi connectivity index (χ2n) is 7.15. The van der Waals surface area contributed by atoms with Crippen LogP contribution in [0.25, 0.3) is 11.1 Å². The van der Waals surface area contributed by atoms with Crippen molar-refractivity contribution in [1.29, 1.82) is 5.26 Å². The number of rotatable bonds is 5. The Bertz CT molecular complexity index is 984. The summed E-state index contributed by atoms with van der Waals surface area (Å²) < 4.78 is 0. The number of anilines is 1. The molecule has 1 unspecified atom stereocenters. The summed E-state index contributed by atoms with van der Waals surface area (Å²) in [6, 6.07) is 16.3. The molecule has 0 amide bonds. The van der Waals surface area contributed by atoms with Crippen molar-refractivity contribution in [2.75, 3.05) is 18.5 Å². The quantitative estimate of drug-likeness (QED) is 0.606. The van der Waals surface area contributed by atoms with Gasteiger partial charge in [0.15, 0.2) is 0 Å². The average Bonchev–Trinajstić information content (AvgIpc) is 2.83. The van der Waals surface area contributed by atoms with Gasteiger partial charge in [0.25, 0.3) is 0 Å². The zero-order chi connectivity index (χ0) is 21.2. The predicted octanol–water partition coefficient (Wildman–Crippen LogP) is 3.53. The fraction of sp³-hybridized carbons (Fsp3) is 0.292. The molecule has 0 fully saturated rings. The molecular formula is C24H27N5O. The first-order valence-corrected chi connectivity index (χ1v) is 10.2. The summed E-state index contributed by atoms with van der Waals surface area (Å²) in [6.07, 6.45) is 7.09. The summed E-state index contributed by atoms with van der Waals surface area (Å²) in [4.78, 5) is 7.77. The maximum absolute atomic E-state index is 9.21. The zero-order valence-corrected chi connectivity index (χ0v) is 17.2. The second-order valence-corrected chi connectivity index (χ2v) is 7.15. The van der Waals surface area contributed by atoms with Crippen LogP contribution in [0.15, 0.2) is 61.2 Å². The van der Waals surface area contributed by atoms with E-state index in [9.17, 15) is 5.11 Å². The number of hydrogen-bond donors (Lipinski definition) is 3. The van der Waals surface area contributed by atoms with Crippen molar-refractivity contribution >= 4 is 5.69 Å². The molecule has 0 radical (unpaired) electrons. The lowest BCUT2D eigenvalue weighted by Crippen LogP contribution is -2.28. The van der Waals surface area contributed by atoms with E-state index in [0.29, 0.717) is 5.56 Å². The molecule has 0 spiro atoms. The number of benzene rings is 2.